The van der Waals surface area contributed by atoms with Crippen molar-refractivity contribution in [2.45, 2.75) is 0 Å². The van der Waals surface area contributed by atoms with Crippen LogP contribution in [0.4, 0.5) is 5.13 Å². The number of thiazole rings is 1. The van der Waals surface area contributed by atoms with E-state index in [1.54, 1.807) is 25.6 Å². The molecule has 0 atom stereocenters. The normalized spacial score (nSPS) is 9.72. The number of anilines is 1. The summed E-state index contributed by atoms with van der Waals surface area (Å²) in [6, 6.07) is 3.81. The van der Waals surface area contributed by atoms with Gasteiger partial charge < -0.3 is 14.8 Å². The molecule has 0 radical (unpaired) electrons. The molecule has 94 valence electrons. The molecule has 0 aliphatic carbocycles. The van der Waals surface area contributed by atoms with E-state index >= 15 is 0 Å². The van der Waals surface area contributed by atoms with Gasteiger partial charge in [0, 0.05) is 34.7 Å². The van der Waals surface area contributed by atoms with Crippen molar-refractivity contribution in [3.63, 3.8) is 0 Å². The second-order valence-electron chi connectivity index (χ2n) is 3.32. The monoisotopic (exact) mass is 374 g/mol. The summed E-state index contributed by atoms with van der Waals surface area (Å²) in [5, 5.41) is 4.00. The molecule has 0 spiro atoms. The van der Waals surface area contributed by atoms with Crippen molar-refractivity contribution < 1.29 is 9.47 Å². The Labute approximate surface area is 123 Å². The van der Waals surface area contributed by atoms with E-state index in [9.17, 15) is 0 Å². The Balaban J connectivity index is 2.34. The van der Waals surface area contributed by atoms with Gasteiger partial charge in [-0.3, -0.25) is 0 Å². The zero-order valence-corrected chi connectivity index (χ0v) is 12.9. The molecule has 2 aromatic rings. The Morgan fingerprint density at radius 2 is 2.06 bits per heavy atom. The van der Waals surface area contributed by atoms with E-state index in [1.165, 1.54) is 0 Å². The third-order valence-electron chi connectivity index (χ3n) is 2.29. The lowest BCUT2D eigenvalue weighted by Crippen LogP contribution is -1.96. The minimum atomic E-state index is 0.594. The maximum Gasteiger partial charge on any atom is 0.184 e. The summed E-state index contributed by atoms with van der Waals surface area (Å²) >= 11 is 3.58. The summed E-state index contributed by atoms with van der Waals surface area (Å²) in [7, 11) is 3.24. The van der Waals surface area contributed by atoms with E-state index < -0.39 is 0 Å². The lowest BCUT2D eigenvalue weighted by Gasteiger charge is -2.05. The number of methoxy groups -OCH3 is 2. The van der Waals surface area contributed by atoms with E-state index in [-0.39, 0.29) is 0 Å². The van der Waals surface area contributed by atoms with Crippen LogP contribution < -0.4 is 14.8 Å². The van der Waals surface area contributed by atoms with E-state index in [1.807, 2.05) is 34.7 Å². The molecule has 0 bridgehead atoms. The molecule has 18 heavy (non-hydrogen) atoms. The average molecular weight is 374 g/mol. The van der Waals surface area contributed by atoms with E-state index in [0.717, 1.165) is 15.3 Å². The summed E-state index contributed by atoms with van der Waals surface area (Å²) in [5.74, 6) is 4.33. The number of benzene rings is 1. The lowest BCUT2D eigenvalue weighted by atomic mass is 10.3. The molecule has 1 aromatic carbocycles. The molecule has 4 nitrogen and oxygen atoms in total. The van der Waals surface area contributed by atoms with Gasteiger partial charge in [-0.15, -0.1) is 0 Å². The van der Waals surface area contributed by atoms with Crippen LogP contribution in [0.5, 0.6) is 11.5 Å². The molecule has 0 saturated carbocycles. The second kappa shape index (κ2) is 6.11. The van der Waals surface area contributed by atoms with Crippen LogP contribution in [-0.2, 0) is 0 Å². The van der Waals surface area contributed by atoms with Crippen LogP contribution in [0.1, 0.15) is 0 Å². The Morgan fingerprint density at radius 1 is 1.33 bits per heavy atom. The van der Waals surface area contributed by atoms with Gasteiger partial charge in [-0.05, 0) is 3.93 Å². The molecule has 1 N–H and O–H groups in total. The Hall–Kier alpha value is -1.20. The molecular weight excluding hydrogens is 363 g/mol. The average Bonchev–Trinajstić information content (AvgIpc) is 2.78. The SMILES string of the molecule is COc1cc2nc(NCC#CI)sc2cc1OC. The molecule has 1 heterocycles. The molecular formula is C12H11IN2O2S. The van der Waals surface area contributed by atoms with Crippen LogP contribution >= 0.6 is 33.9 Å². The van der Waals surface area contributed by atoms with Gasteiger partial charge in [-0.2, -0.15) is 0 Å². The quantitative estimate of drug-likeness (QED) is 0.660. The number of nitrogens with one attached hydrogen (secondary N) is 1. The molecule has 0 amide bonds. The minimum absolute atomic E-state index is 0.594. The number of hydrogen-bond acceptors (Lipinski definition) is 5. The van der Waals surface area contributed by atoms with Crippen molar-refractivity contribution >= 4 is 49.3 Å². The maximum absolute atomic E-state index is 5.26. The number of halogens is 1. The van der Waals surface area contributed by atoms with E-state index in [4.69, 9.17) is 9.47 Å². The van der Waals surface area contributed by atoms with Crippen LogP contribution in [0.2, 0.25) is 0 Å². The van der Waals surface area contributed by atoms with Gasteiger partial charge in [0.05, 0.1) is 31.0 Å². The first-order chi connectivity index (χ1) is 8.78. The largest absolute Gasteiger partial charge is 0.493 e. The first-order valence-electron chi connectivity index (χ1n) is 5.13. The van der Waals surface area contributed by atoms with Crippen LogP contribution in [0.15, 0.2) is 12.1 Å². The molecule has 0 unspecified atom stereocenters. The standard InChI is InChI=1S/C12H11IN2O2S/c1-16-9-6-8-11(7-10(9)17-2)18-12(15-8)14-5-3-4-13/h6-7H,5H2,1-2H3,(H,14,15). The van der Waals surface area contributed by atoms with Gasteiger partial charge in [0.15, 0.2) is 16.6 Å². The van der Waals surface area contributed by atoms with Crippen LogP contribution in [0.3, 0.4) is 0 Å². The molecule has 2 rings (SSSR count). The molecule has 0 saturated heterocycles. The summed E-state index contributed by atoms with van der Waals surface area (Å²) < 4.78 is 14.4. The van der Waals surface area contributed by atoms with Crippen LogP contribution in [-0.4, -0.2) is 25.7 Å². The Morgan fingerprint density at radius 3 is 2.72 bits per heavy atom. The van der Waals surface area contributed by atoms with Crippen molar-refractivity contribution in [2.75, 3.05) is 26.1 Å². The van der Waals surface area contributed by atoms with E-state index in [2.05, 4.69) is 20.1 Å². The smallest absolute Gasteiger partial charge is 0.184 e. The predicted octanol–water partition coefficient (Wildman–Crippen LogP) is 3.12. The molecule has 1 aromatic heterocycles. The minimum Gasteiger partial charge on any atom is -0.493 e. The van der Waals surface area contributed by atoms with Crippen molar-refractivity contribution in [3.05, 3.63) is 12.1 Å². The van der Waals surface area contributed by atoms with Gasteiger partial charge in [-0.1, -0.05) is 17.3 Å². The summed E-state index contributed by atoms with van der Waals surface area (Å²) in [6.45, 7) is 0.594. The van der Waals surface area contributed by atoms with Crippen molar-refractivity contribution in [2.24, 2.45) is 0 Å². The number of aromatic nitrogens is 1. The highest BCUT2D eigenvalue weighted by Crippen LogP contribution is 2.35. The van der Waals surface area contributed by atoms with Gasteiger partial charge in [0.25, 0.3) is 0 Å². The van der Waals surface area contributed by atoms with Crippen LogP contribution in [0, 0.1) is 9.85 Å². The van der Waals surface area contributed by atoms with Gasteiger partial charge in [-0.25, -0.2) is 4.98 Å². The Kier molecular flexibility index (Phi) is 4.49. The highest BCUT2D eigenvalue weighted by atomic mass is 127. The van der Waals surface area contributed by atoms with Crippen LogP contribution in [0.25, 0.3) is 10.2 Å². The molecule has 0 aliphatic rings. The number of fused-ring (bicyclic) bond motifs is 1. The summed E-state index contributed by atoms with van der Waals surface area (Å²) in [6.07, 6.45) is 0. The molecule has 0 fully saturated rings. The maximum atomic E-state index is 5.26. The highest BCUT2D eigenvalue weighted by Gasteiger charge is 2.10. The molecule has 0 aliphatic heterocycles. The third-order valence-corrected chi connectivity index (χ3v) is 3.65. The topological polar surface area (TPSA) is 43.4 Å². The number of nitrogens with zero attached hydrogens (tertiary/aromatic N) is 1. The highest BCUT2D eigenvalue weighted by molar-refractivity contribution is 14.1. The fourth-order valence-corrected chi connectivity index (χ4v) is 2.55. The third kappa shape index (κ3) is 2.79. The van der Waals surface area contributed by atoms with Gasteiger partial charge in [0.2, 0.25) is 0 Å². The number of hydrogen-bond donors (Lipinski definition) is 1. The van der Waals surface area contributed by atoms with Crippen molar-refractivity contribution in [3.8, 4) is 21.3 Å². The fourth-order valence-electron chi connectivity index (χ4n) is 1.48. The first kappa shape index (κ1) is 13.2. The summed E-state index contributed by atoms with van der Waals surface area (Å²) in [5.41, 5.74) is 0.891. The van der Waals surface area contributed by atoms with Crippen molar-refractivity contribution in [1.82, 2.24) is 4.98 Å². The van der Waals surface area contributed by atoms with Gasteiger partial charge in [0.1, 0.15) is 0 Å². The number of rotatable bonds is 4. The zero-order chi connectivity index (χ0) is 13.0. The zero-order valence-electron chi connectivity index (χ0n) is 9.91. The lowest BCUT2D eigenvalue weighted by molar-refractivity contribution is 0.356. The fraction of sp³-hybridized carbons (Fsp3) is 0.250. The van der Waals surface area contributed by atoms with Crippen molar-refractivity contribution in [1.29, 1.82) is 0 Å². The van der Waals surface area contributed by atoms with Gasteiger partial charge >= 0.3 is 0 Å². The summed E-state index contributed by atoms with van der Waals surface area (Å²) in [4.78, 5) is 4.47. The Bertz CT molecular complexity index is 575. The molecule has 6 heteroatoms. The predicted molar refractivity (Wildman–Crippen MR) is 83.0 cm³/mol. The second-order valence-corrected chi connectivity index (χ2v) is 4.89. The number of ether oxygens (including phenoxy) is 2. The van der Waals surface area contributed by atoms with E-state index in [0.29, 0.717) is 18.0 Å². The first-order valence-corrected chi connectivity index (χ1v) is 7.03.